The molecule has 144 valence electrons. The lowest BCUT2D eigenvalue weighted by Crippen LogP contribution is -2.33. The van der Waals surface area contributed by atoms with Crippen molar-refractivity contribution in [3.05, 3.63) is 65.7 Å². The molecule has 1 aromatic carbocycles. The van der Waals surface area contributed by atoms with E-state index in [0.717, 1.165) is 11.3 Å². The van der Waals surface area contributed by atoms with Crippen LogP contribution in [-0.2, 0) is 36.6 Å². The van der Waals surface area contributed by atoms with Crippen molar-refractivity contribution >= 4 is 10.0 Å². The lowest BCUT2D eigenvalue weighted by atomic mass is 10.1. The molecule has 0 unspecified atom stereocenters. The van der Waals surface area contributed by atoms with E-state index in [4.69, 9.17) is 0 Å². The predicted octanol–water partition coefficient (Wildman–Crippen LogP) is 2.38. The molecule has 27 heavy (non-hydrogen) atoms. The van der Waals surface area contributed by atoms with Crippen molar-refractivity contribution < 1.29 is 8.42 Å². The molecule has 0 saturated carbocycles. The normalized spacial score (nSPS) is 12.0. The second-order valence-electron chi connectivity index (χ2n) is 6.49. The highest BCUT2D eigenvalue weighted by atomic mass is 32.2. The van der Waals surface area contributed by atoms with Gasteiger partial charge in [0.05, 0.1) is 17.9 Å². The van der Waals surface area contributed by atoms with Gasteiger partial charge in [0.2, 0.25) is 10.0 Å². The Balaban J connectivity index is 1.90. The molecule has 0 aliphatic carbocycles. The molecule has 3 rings (SSSR count). The summed E-state index contributed by atoms with van der Waals surface area (Å²) in [5.41, 5.74) is 2.33. The van der Waals surface area contributed by atoms with Crippen LogP contribution in [0.25, 0.3) is 0 Å². The highest BCUT2D eigenvalue weighted by Gasteiger charge is 2.28. The first-order chi connectivity index (χ1) is 12.9. The molecular formula is C19H25N5O2S. The largest absolute Gasteiger partial charge is 0.276 e. The minimum Gasteiger partial charge on any atom is -0.276 e. The van der Waals surface area contributed by atoms with E-state index in [0.29, 0.717) is 25.2 Å². The molecule has 0 amide bonds. The fourth-order valence-electron chi connectivity index (χ4n) is 2.96. The molecule has 0 N–H and O–H groups in total. The molecular weight excluding hydrogens is 362 g/mol. The van der Waals surface area contributed by atoms with Crippen molar-refractivity contribution in [3.63, 3.8) is 0 Å². The van der Waals surface area contributed by atoms with Crippen LogP contribution in [0.1, 0.15) is 23.9 Å². The molecule has 8 heteroatoms. The van der Waals surface area contributed by atoms with Crippen molar-refractivity contribution in [2.75, 3.05) is 6.54 Å². The van der Waals surface area contributed by atoms with Gasteiger partial charge >= 0.3 is 0 Å². The van der Waals surface area contributed by atoms with E-state index in [-0.39, 0.29) is 11.4 Å². The number of nitrogens with zero attached hydrogens (tertiary/aromatic N) is 5. The molecule has 2 aromatic heterocycles. The molecule has 0 aliphatic heterocycles. The van der Waals surface area contributed by atoms with Crippen molar-refractivity contribution in [1.82, 2.24) is 23.9 Å². The van der Waals surface area contributed by atoms with Gasteiger partial charge in [0.25, 0.3) is 0 Å². The van der Waals surface area contributed by atoms with E-state index >= 15 is 0 Å². The van der Waals surface area contributed by atoms with Crippen molar-refractivity contribution in [2.24, 2.45) is 7.05 Å². The summed E-state index contributed by atoms with van der Waals surface area (Å²) in [6.45, 7) is 4.89. The van der Waals surface area contributed by atoms with Crippen molar-refractivity contribution in [1.29, 1.82) is 0 Å². The number of benzene rings is 1. The quantitative estimate of drug-likeness (QED) is 0.595. The van der Waals surface area contributed by atoms with E-state index in [1.807, 2.05) is 56.6 Å². The average molecular weight is 388 g/mol. The molecule has 3 aromatic rings. The molecule has 0 radical (unpaired) electrons. The highest BCUT2D eigenvalue weighted by molar-refractivity contribution is 7.89. The smallest absolute Gasteiger partial charge is 0.246 e. The number of hydrogen-bond donors (Lipinski definition) is 0. The minimum absolute atomic E-state index is 0.229. The zero-order chi connectivity index (χ0) is 19.4. The molecule has 2 heterocycles. The van der Waals surface area contributed by atoms with Gasteiger partial charge in [-0.05, 0) is 31.9 Å². The molecule has 7 nitrogen and oxygen atoms in total. The Labute approximate surface area is 160 Å². The van der Waals surface area contributed by atoms with Crippen LogP contribution >= 0.6 is 0 Å². The number of sulfonamides is 1. The van der Waals surface area contributed by atoms with Gasteiger partial charge in [-0.3, -0.25) is 9.36 Å². The Kier molecular flexibility index (Phi) is 5.76. The van der Waals surface area contributed by atoms with Gasteiger partial charge < -0.3 is 0 Å². The summed E-state index contributed by atoms with van der Waals surface area (Å²) in [4.78, 5) is 0.258. The van der Waals surface area contributed by atoms with Crippen LogP contribution in [0, 0.1) is 6.92 Å². The summed E-state index contributed by atoms with van der Waals surface area (Å²) in [5, 5.41) is 8.64. The Morgan fingerprint density at radius 3 is 2.44 bits per heavy atom. The molecule has 0 saturated heterocycles. The lowest BCUT2D eigenvalue weighted by molar-refractivity contribution is 0.403. The third-order valence-electron chi connectivity index (χ3n) is 4.44. The van der Waals surface area contributed by atoms with E-state index in [9.17, 15) is 8.42 Å². The monoisotopic (exact) mass is 387 g/mol. The molecule has 0 spiro atoms. The molecule has 0 bridgehead atoms. The van der Waals surface area contributed by atoms with Gasteiger partial charge in [-0.25, -0.2) is 8.42 Å². The summed E-state index contributed by atoms with van der Waals surface area (Å²) in [6.07, 6.45) is 4.06. The summed E-state index contributed by atoms with van der Waals surface area (Å²) < 4.78 is 31.5. The fraction of sp³-hybridized carbons (Fsp3) is 0.368. The lowest BCUT2D eigenvalue weighted by Gasteiger charge is -2.21. The summed E-state index contributed by atoms with van der Waals surface area (Å²) >= 11 is 0. The van der Waals surface area contributed by atoms with E-state index in [1.165, 1.54) is 4.31 Å². The zero-order valence-corrected chi connectivity index (χ0v) is 16.7. The van der Waals surface area contributed by atoms with Crippen molar-refractivity contribution in [2.45, 2.75) is 38.3 Å². The molecule has 0 fully saturated rings. The summed E-state index contributed by atoms with van der Waals surface area (Å²) in [7, 11) is -1.86. The fourth-order valence-corrected chi connectivity index (χ4v) is 4.55. The zero-order valence-electron chi connectivity index (χ0n) is 15.9. The van der Waals surface area contributed by atoms with E-state index in [2.05, 4.69) is 10.2 Å². The first-order valence-corrected chi connectivity index (χ1v) is 10.4. The summed E-state index contributed by atoms with van der Waals surface area (Å²) in [6, 6.07) is 11.7. The van der Waals surface area contributed by atoms with Crippen LogP contribution in [0.4, 0.5) is 0 Å². The SMILES string of the molecule is CCn1cc(S(=O)(=O)N(CCc2ccccc2)Cc2ccn(C)n2)c(C)n1. The maximum absolute atomic E-state index is 13.4. The number of rotatable bonds is 8. The number of aryl methyl sites for hydroxylation is 3. The van der Waals surface area contributed by atoms with Crippen LogP contribution in [0.2, 0.25) is 0 Å². The first-order valence-electron chi connectivity index (χ1n) is 8.97. The van der Waals surface area contributed by atoms with Crippen LogP contribution < -0.4 is 0 Å². The van der Waals surface area contributed by atoms with Crippen LogP contribution in [0.5, 0.6) is 0 Å². The standard InChI is InChI=1S/C19H25N5O2S/c1-4-23-15-19(16(2)20-23)27(25,26)24(14-18-11-12-22(3)21-18)13-10-17-8-6-5-7-9-17/h5-9,11-12,15H,4,10,13-14H2,1-3H3. The number of hydrogen-bond acceptors (Lipinski definition) is 4. The Morgan fingerprint density at radius 1 is 1.11 bits per heavy atom. The van der Waals surface area contributed by atoms with Crippen LogP contribution in [0.3, 0.4) is 0 Å². The summed E-state index contributed by atoms with van der Waals surface area (Å²) in [5.74, 6) is 0. The molecule has 0 atom stereocenters. The van der Waals surface area contributed by atoms with Gasteiger partial charge in [-0.1, -0.05) is 30.3 Å². The second kappa shape index (κ2) is 8.06. The van der Waals surface area contributed by atoms with Gasteiger partial charge in [0, 0.05) is 32.5 Å². The third-order valence-corrected chi connectivity index (χ3v) is 6.39. The van der Waals surface area contributed by atoms with Crippen LogP contribution in [0.15, 0.2) is 53.7 Å². The highest BCUT2D eigenvalue weighted by Crippen LogP contribution is 2.21. The van der Waals surface area contributed by atoms with Gasteiger partial charge in [0.15, 0.2) is 0 Å². The first kappa shape index (κ1) is 19.3. The Bertz CT molecular complexity index is 992. The van der Waals surface area contributed by atoms with Gasteiger partial charge in [-0.2, -0.15) is 14.5 Å². The predicted molar refractivity (Wildman–Crippen MR) is 104 cm³/mol. The Hall–Kier alpha value is -2.45. The topological polar surface area (TPSA) is 73.0 Å². The van der Waals surface area contributed by atoms with E-state index < -0.39 is 10.0 Å². The van der Waals surface area contributed by atoms with Crippen molar-refractivity contribution in [3.8, 4) is 0 Å². The molecule has 0 aliphatic rings. The Morgan fingerprint density at radius 2 is 1.85 bits per heavy atom. The van der Waals surface area contributed by atoms with Gasteiger partial charge in [-0.15, -0.1) is 0 Å². The second-order valence-corrected chi connectivity index (χ2v) is 8.40. The van der Waals surface area contributed by atoms with Gasteiger partial charge in [0.1, 0.15) is 4.90 Å². The maximum Gasteiger partial charge on any atom is 0.246 e. The maximum atomic E-state index is 13.4. The minimum atomic E-state index is -3.68. The van der Waals surface area contributed by atoms with Crippen LogP contribution in [-0.4, -0.2) is 38.8 Å². The number of aromatic nitrogens is 4. The third kappa shape index (κ3) is 4.45. The average Bonchev–Trinajstić information content (AvgIpc) is 3.24. The van der Waals surface area contributed by atoms with E-state index in [1.54, 1.807) is 22.5 Å².